The summed E-state index contributed by atoms with van der Waals surface area (Å²) >= 11 is 0. The lowest BCUT2D eigenvalue weighted by Gasteiger charge is -2.05. The minimum Gasteiger partial charge on any atom is -0.507 e. The molecule has 0 bridgehead atoms. The van der Waals surface area contributed by atoms with Crippen molar-refractivity contribution < 1.29 is 14.2 Å². The number of ether oxygens (including phenoxy) is 1. The summed E-state index contributed by atoms with van der Waals surface area (Å²) in [7, 11) is 0. The van der Waals surface area contributed by atoms with Crippen molar-refractivity contribution in [3.05, 3.63) is 60.0 Å². The van der Waals surface area contributed by atoms with Gasteiger partial charge < -0.3 is 14.8 Å². The van der Waals surface area contributed by atoms with Gasteiger partial charge in [-0.15, -0.1) is 0 Å². The van der Waals surface area contributed by atoms with Crippen LogP contribution in [0, 0.1) is 5.82 Å². The molecule has 0 fully saturated rings. The fourth-order valence-electron chi connectivity index (χ4n) is 2.04. The van der Waals surface area contributed by atoms with Crippen LogP contribution in [0.3, 0.4) is 0 Å². The number of hydrogen-bond donors (Lipinski definition) is 2. The third kappa shape index (κ3) is 2.25. The first-order chi connectivity index (χ1) is 9.24. The van der Waals surface area contributed by atoms with Gasteiger partial charge >= 0.3 is 0 Å². The molecule has 2 N–H and O–H groups in total. The van der Waals surface area contributed by atoms with Gasteiger partial charge in [0.05, 0.1) is 0 Å². The van der Waals surface area contributed by atoms with Gasteiger partial charge in [-0.2, -0.15) is 0 Å². The maximum Gasteiger partial charge on any atom is 0.125 e. The first kappa shape index (κ1) is 11.6. The van der Waals surface area contributed by atoms with E-state index >= 15 is 0 Å². The number of fused-ring (bicyclic) bond motifs is 1. The Morgan fingerprint density at radius 1 is 1.11 bits per heavy atom. The molecular formula is C15H12FNO2. The molecule has 1 heterocycles. The molecule has 0 saturated carbocycles. The molecule has 0 unspecified atom stereocenters. The molecule has 0 spiro atoms. The molecule has 3 aromatic rings. The SMILES string of the molecule is Oc1cccc2[nH]cc(COc3ccc(F)cc3)c12. The number of nitrogens with one attached hydrogen (secondary N) is 1. The predicted molar refractivity (Wildman–Crippen MR) is 70.7 cm³/mol. The van der Waals surface area contributed by atoms with Crippen molar-refractivity contribution in [2.24, 2.45) is 0 Å². The van der Waals surface area contributed by atoms with E-state index in [0.717, 1.165) is 16.5 Å². The Labute approximate surface area is 109 Å². The molecule has 1 aromatic heterocycles. The topological polar surface area (TPSA) is 45.2 Å². The Balaban J connectivity index is 1.84. The highest BCUT2D eigenvalue weighted by molar-refractivity contribution is 5.88. The van der Waals surface area contributed by atoms with Crippen LogP contribution in [0.4, 0.5) is 4.39 Å². The highest BCUT2D eigenvalue weighted by atomic mass is 19.1. The molecule has 0 amide bonds. The van der Waals surface area contributed by atoms with Crippen LogP contribution < -0.4 is 4.74 Å². The average molecular weight is 257 g/mol. The average Bonchev–Trinajstić information content (AvgIpc) is 2.83. The Morgan fingerprint density at radius 3 is 2.68 bits per heavy atom. The lowest BCUT2D eigenvalue weighted by molar-refractivity contribution is 0.307. The van der Waals surface area contributed by atoms with Crippen LogP contribution in [-0.2, 0) is 6.61 Å². The number of aromatic hydroxyl groups is 1. The van der Waals surface area contributed by atoms with E-state index in [2.05, 4.69) is 4.98 Å². The van der Waals surface area contributed by atoms with Gasteiger partial charge in [0.25, 0.3) is 0 Å². The van der Waals surface area contributed by atoms with E-state index in [9.17, 15) is 9.50 Å². The van der Waals surface area contributed by atoms with Gasteiger partial charge in [0.1, 0.15) is 23.9 Å². The third-order valence-corrected chi connectivity index (χ3v) is 2.97. The number of hydrogen-bond acceptors (Lipinski definition) is 2. The summed E-state index contributed by atoms with van der Waals surface area (Å²) in [4.78, 5) is 3.07. The van der Waals surface area contributed by atoms with Crippen molar-refractivity contribution >= 4 is 10.9 Å². The number of benzene rings is 2. The summed E-state index contributed by atoms with van der Waals surface area (Å²) in [6.45, 7) is 0.309. The zero-order valence-corrected chi connectivity index (χ0v) is 10.1. The van der Waals surface area contributed by atoms with Crippen molar-refractivity contribution in [3.8, 4) is 11.5 Å². The second-order valence-corrected chi connectivity index (χ2v) is 4.26. The van der Waals surface area contributed by atoms with Gasteiger partial charge in [-0.05, 0) is 36.4 Å². The molecule has 0 atom stereocenters. The second kappa shape index (κ2) is 4.65. The summed E-state index contributed by atoms with van der Waals surface area (Å²) in [6.07, 6.45) is 1.80. The Hall–Kier alpha value is -2.49. The molecule has 3 nitrogen and oxygen atoms in total. The summed E-state index contributed by atoms with van der Waals surface area (Å²) in [6, 6.07) is 11.1. The first-order valence-corrected chi connectivity index (χ1v) is 5.90. The standard InChI is InChI=1S/C15H12FNO2/c16-11-4-6-12(7-5-11)19-9-10-8-17-13-2-1-3-14(18)15(10)13/h1-8,17-18H,9H2. The number of aromatic nitrogens is 1. The molecule has 0 aliphatic heterocycles. The van der Waals surface area contributed by atoms with Gasteiger partial charge in [-0.25, -0.2) is 4.39 Å². The van der Waals surface area contributed by atoms with Gasteiger partial charge in [0.15, 0.2) is 0 Å². The summed E-state index contributed by atoms with van der Waals surface area (Å²) in [5.74, 6) is 0.514. The number of phenols is 1. The van der Waals surface area contributed by atoms with Crippen LogP contribution in [0.5, 0.6) is 11.5 Å². The van der Waals surface area contributed by atoms with Crippen LogP contribution in [0.25, 0.3) is 10.9 Å². The fraction of sp³-hybridized carbons (Fsp3) is 0.0667. The highest BCUT2D eigenvalue weighted by Gasteiger charge is 2.08. The van der Waals surface area contributed by atoms with Crippen molar-refractivity contribution in [1.29, 1.82) is 0 Å². The first-order valence-electron chi connectivity index (χ1n) is 5.90. The van der Waals surface area contributed by atoms with Gasteiger partial charge in [-0.3, -0.25) is 0 Å². The van der Waals surface area contributed by atoms with Crippen molar-refractivity contribution in [3.63, 3.8) is 0 Å². The van der Waals surface area contributed by atoms with Crippen LogP contribution in [-0.4, -0.2) is 10.1 Å². The van der Waals surface area contributed by atoms with Gasteiger partial charge in [-0.1, -0.05) is 6.07 Å². The van der Waals surface area contributed by atoms with E-state index in [1.54, 1.807) is 30.5 Å². The quantitative estimate of drug-likeness (QED) is 0.753. The minimum atomic E-state index is -0.294. The van der Waals surface area contributed by atoms with Gasteiger partial charge in [0, 0.05) is 22.7 Å². The zero-order valence-electron chi connectivity index (χ0n) is 10.1. The monoisotopic (exact) mass is 257 g/mol. The van der Waals surface area contributed by atoms with Crippen LogP contribution >= 0.6 is 0 Å². The maximum absolute atomic E-state index is 12.8. The van der Waals surface area contributed by atoms with E-state index < -0.39 is 0 Å². The molecule has 0 radical (unpaired) electrons. The normalized spacial score (nSPS) is 10.8. The highest BCUT2D eigenvalue weighted by Crippen LogP contribution is 2.28. The summed E-state index contributed by atoms with van der Waals surface area (Å²) in [5.41, 5.74) is 1.72. The second-order valence-electron chi connectivity index (χ2n) is 4.26. The van der Waals surface area contributed by atoms with Gasteiger partial charge in [0.2, 0.25) is 0 Å². The molecule has 0 aliphatic rings. The van der Waals surface area contributed by atoms with E-state index in [-0.39, 0.29) is 11.6 Å². The Bertz CT molecular complexity index is 704. The maximum atomic E-state index is 12.8. The van der Waals surface area contributed by atoms with Crippen LogP contribution in [0.15, 0.2) is 48.7 Å². The van der Waals surface area contributed by atoms with E-state index in [0.29, 0.717) is 12.4 Å². The molecule has 3 rings (SSSR count). The fourth-order valence-corrected chi connectivity index (χ4v) is 2.04. The zero-order chi connectivity index (χ0) is 13.2. The number of rotatable bonds is 3. The molecule has 0 saturated heterocycles. The molecule has 2 aromatic carbocycles. The molecule has 0 aliphatic carbocycles. The van der Waals surface area contributed by atoms with Crippen molar-refractivity contribution in [2.75, 3.05) is 0 Å². The van der Waals surface area contributed by atoms with E-state index in [1.165, 1.54) is 12.1 Å². The number of aromatic amines is 1. The van der Waals surface area contributed by atoms with Crippen LogP contribution in [0.1, 0.15) is 5.56 Å². The van der Waals surface area contributed by atoms with E-state index in [4.69, 9.17) is 4.74 Å². The molecule has 19 heavy (non-hydrogen) atoms. The number of phenolic OH excluding ortho intramolecular Hbond substituents is 1. The van der Waals surface area contributed by atoms with Crippen LogP contribution in [0.2, 0.25) is 0 Å². The predicted octanol–water partition coefficient (Wildman–Crippen LogP) is 3.59. The van der Waals surface area contributed by atoms with Crippen molar-refractivity contribution in [1.82, 2.24) is 4.98 Å². The third-order valence-electron chi connectivity index (χ3n) is 2.97. The molecular weight excluding hydrogens is 245 g/mol. The lowest BCUT2D eigenvalue weighted by Crippen LogP contribution is -1.94. The summed E-state index contributed by atoms with van der Waals surface area (Å²) in [5, 5.41) is 10.6. The Morgan fingerprint density at radius 2 is 1.89 bits per heavy atom. The smallest absolute Gasteiger partial charge is 0.125 e. The summed E-state index contributed by atoms with van der Waals surface area (Å²) < 4.78 is 18.3. The number of halogens is 1. The Kier molecular flexibility index (Phi) is 2.83. The molecule has 96 valence electrons. The number of H-pyrrole nitrogens is 1. The minimum absolute atomic E-state index is 0.219. The largest absolute Gasteiger partial charge is 0.507 e. The van der Waals surface area contributed by atoms with Crippen molar-refractivity contribution in [2.45, 2.75) is 6.61 Å². The molecule has 4 heteroatoms. The lowest BCUT2D eigenvalue weighted by atomic mass is 10.1. The van der Waals surface area contributed by atoms with E-state index in [1.807, 2.05) is 6.07 Å².